The second-order valence-electron chi connectivity index (χ2n) is 5.59. The average Bonchev–Trinajstić information content (AvgIpc) is 2.90. The van der Waals surface area contributed by atoms with E-state index in [0.717, 1.165) is 24.2 Å². The normalized spacial score (nSPS) is 11.2. The molecule has 0 radical (unpaired) electrons. The molecular formula is C17H27IN6S. The Morgan fingerprint density at radius 3 is 2.60 bits per heavy atom. The van der Waals surface area contributed by atoms with Gasteiger partial charge in [-0.05, 0) is 44.2 Å². The van der Waals surface area contributed by atoms with Crippen molar-refractivity contribution in [3.05, 3.63) is 41.0 Å². The number of rotatable bonds is 6. The van der Waals surface area contributed by atoms with Crippen LogP contribution in [0.5, 0.6) is 0 Å². The van der Waals surface area contributed by atoms with Crippen molar-refractivity contribution in [3.8, 4) is 0 Å². The number of nitrogens with zero attached hydrogens (tertiary/aromatic N) is 4. The Hall–Kier alpha value is -1.29. The zero-order valence-corrected chi connectivity index (χ0v) is 18.6. The second kappa shape index (κ2) is 10.6. The van der Waals surface area contributed by atoms with Gasteiger partial charge in [-0.25, -0.2) is 4.99 Å². The Morgan fingerprint density at radius 2 is 2.00 bits per heavy atom. The molecule has 0 aliphatic heterocycles. The lowest BCUT2D eigenvalue weighted by Gasteiger charge is -2.12. The average molecular weight is 474 g/mol. The van der Waals surface area contributed by atoms with Crippen molar-refractivity contribution >= 4 is 41.7 Å². The third kappa shape index (κ3) is 6.18. The van der Waals surface area contributed by atoms with E-state index in [1.165, 1.54) is 16.0 Å². The number of guanidine groups is 1. The van der Waals surface area contributed by atoms with E-state index < -0.39 is 0 Å². The van der Waals surface area contributed by atoms with Crippen molar-refractivity contribution in [2.45, 2.75) is 38.8 Å². The lowest BCUT2D eigenvalue weighted by atomic mass is 10.1. The summed E-state index contributed by atoms with van der Waals surface area (Å²) in [6.07, 6.45) is 2.10. The highest BCUT2D eigenvalue weighted by Crippen LogP contribution is 2.22. The Balaban J connectivity index is 0.00000312. The first kappa shape index (κ1) is 21.8. The maximum Gasteiger partial charge on any atom is 0.191 e. The minimum Gasteiger partial charge on any atom is -0.357 e. The molecule has 0 aliphatic carbocycles. The van der Waals surface area contributed by atoms with Gasteiger partial charge in [-0.1, -0.05) is 12.1 Å². The number of benzene rings is 1. The first-order chi connectivity index (χ1) is 11.5. The maximum absolute atomic E-state index is 4.70. The lowest BCUT2D eigenvalue weighted by molar-refractivity contribution is 0.718. The largest absolute Gasteiger partial charge is 0.357 e. The fourth-order valence-electron chi connectivity index (χ4n) is 2.26. The highest BCUT2D eigenvalue weighted by Gasteiger charge is 2.06. The van der Waals surface area contributed by atoms with Crippen molar-refractivity contribution in [3.63, 3.8) is 0 Å². The molecule has 25 heavy (non-hydrogen) atoms. The van der Waals surface area contributed by atoms with Crippen LogP contribution in [0.25, 0.3) is 0 Å². The molecule has 0 aliphatic rings. The van der Waals surface area contributed by atoms with Crippen LogP contribution in [0.15, 0.2) is 28.1 Å². The first-order valence-corrected chi connectivity index (χ1v) is 9.28. The van der Waals surface area contributed by atoms with E-state index in [2.05, 4.69) is 59.1 Å². The number of hydrogen-bond acceptors (Lipinski definition) is 4. The molecule has 138 valence electrons. The number of hydrogen-bond donors (Lipinski definition) is 2. The van der Waals surface area contributed by atoms with E-state index in [4.69, 9.17) is 4.99 Å². The van der Waals surface area contributed by atoms with Crippen LogP contribution in [0, 0.1) is 13.8 Å². The highest BCUT2D eigenvalue weighted by molar-refractivity contribution is 14.0. The summed E-state index contributed by atoms with van der Waals surface area (Å²) in [6.45, 7) is 8.16. The van der Waals surface area contributed by atoms with Crippen LogP contribution in [-0.4, -0.2) is 33.5 Å². The minimum atomic E-state index is 0. The standard InChI is InChI=1S/C17H26N6S.HI/c1-6-18-17(20-11-16-22-21-13(3)23(16)4)19-10-14-8-7-12(2)9-15(14)24-5;/h7-9H,6,10-11H2,1-5H3,(H2,18,19,20);1H. The van der Waals surface area contributed by atoms with Crippen LogP contribution in [0.1, 0.15) is 29.7 Å². The van der Waals surface area contributed by atoms with E-state index >= 15 is 0 Å². The molecule has 1 heterocycles. The van der Waals surface area contributed by atoms with Gasteiger partial charge in [-0.15, -0.1) is 45.9 Å². The van der Waals surface area contributed by atoms with Gasteiger partial charge < -0.3 is 15.2 Å². The second-order valence-corrected chi connectivity index (χ2v) is 6.43. The quantitative estimate of drug-likeness (QED) is 0.292. The fraction of sp³-hybridized carbons (Fsp3) is 0.471. The van der Waals surface area contributed by atoms with Crippen LogP contribution in [0.3, 0.4) is 0 Å². The summed E-state index contributed by atoms with van der Waals surface area (Å²) in [7, 11) is 1.97. The first-order valence-electron chi connectivity index (χ1n) is 8.05. The molecule has 0 saturated heterocycles. The molecule has 0 bridgehead atoms. The SMILES string of the molecule is CCNC(=NCc1ccc(C)cc1SC)NCc1nnc(C)n1C.I. The third-order valence-corrected chi connectivity index (χ3v) is 4.61. The van der Waals surface area contributed by atoms with Crippen molar-refractivity contribution in [2.24, 2.45) is 12.0 Å². The monoisotopic (exact) mass is 474 g/mol. The van der Waals surface area contributed by atoms with Gasteiger partial charge >= 0.3 is 0 Å². The number of aryl methyl sites for hydroxylation is 2. The Labute approximate surface area is 171 Å². The Kier molecular flexibility index (Phi) is 9.26. The van der Waals surface area contributed by atoms with E-state index in [1.54, 1.807) is 11.8 Å². The summed E-state index contributed by atoms with van der Waals surface area (Å²) in [4.78, 5) is 5.97. The smallest absolute Gasteiger partial charge is 0.191 e. The molecule has 0 atom stereocenters. The van der Waals surface area contributed by atoms with E-state index in [9.17, 15) is 0 Å². The summed E-state index contributed by atoms with van der Waals surface area (Å²) in [5.74, 6) is 2.57. The van der Waals surface area contributed by atoms with E-state index in [-0.39, 0.29) is 24.0 Å². The zero-order valence-electron chi connectivity index (χ0n) is 15.5. The molecule has 0 unspecified atom stereocenters. The van der Waals surface area contributed by atoms with Crippen molar-refractivity contribution in [1.29, 1.82) is 0 Å². The predicted molar refractivity (Wildman–Crippen MR) is 116 cm³/mol. The van der Waals surface area contributed by atoms with Gasteiger partial charge in [0.15, 0.2) is 11.8 Å². The molecule has 2 N–H and O–H groups in total. The lowest BCUT2D eigenvalue weighted by Crippen LogP contribution is -2.37. The Bertz CT molecular complexity index is 713. The molecule has 2 aromatic rings. The predicted octanol–water partition coefficient (Wildman–Crippen LogP) is 3.03. The highest BCUT2D eigenvalue weighted by atomic mass is 127. The number of aliphatic imine (C=N–C) groups is 1. The maximum atomic E-state index is 4.70. The van der Waals surface area contributed by atoms with E-state index in [0.29, 0.717) is 13.1 Å². The van der Waals surface area contributed by atoms with Gasteiger partial charge in [-0.2, -0.15) is 0 Å². The van der Waals surface area contributed by atoms with Gasteiger partial charge in [0.1, 0.15) is 5.82 Å². The van der Waals surface area contributed by atoms with Crippen molar-refractivity contribution in [1.82, 2.24) is 25.4 Å². The third-order valence-electron chi connectivity index (χ3n) is 3.79. The molecule has 0 amide bonds. The summed E-state index contributed by atoms with van der Waals surface area (Å²) in [5, 5.41) is 14.8. The topological polar surface area (TPSA) is 67.1 Å². The number of nitrogens with one attached hydrogen (secondary N) is 2. The van der Waals surface area contributed by atoms with Crippen molar-refractivity contribution < 1.29 is 0 Å². The molecule has 2 rings (SSSR count). The van der Waals surface area contributed by atoms with Crippen LogP contribution in [0.4, 0.5) is 0 Å². The number of aromatic nitrogens is 3. The number of halogens is 1. The van der Waals surface area contributed by atoms with Gasteiger partial charge in [0.05, 0.1) is 13.1 Å². The van der Waals surface area contributed by atoms with E-state index in [1.807, 2.05) is 18.5 Å². The van der Waals surface area contributed by atoms with Gasteiger partial charge in [0.2, 0.25) is 0 Å². The minimum absolute atomic E-state index is 0. The summed E-state index contributed by atoms with van der Waals surface area (Å²) < 4.78 is 1.97. The Morgan fingerprint density at radius 1 is 1.24 bits per heavy atom. The van der Waals surface area contributed by atoms with Crippen LogP contribution in [0.2, 0.25) is 0 Å². The van der Waals surface area contributed by atoms with Crippen LogP contribution >= 0.6 is 35.7 Å². The van der Waals surface area contributed by atoms with Crippen molar-refractivity contribution in [2.75, 3.05) is 12.8 Å². The van der Waals surface area contributed by atoms with Gasteiger partial charge in [0, 0.05) is 18.5 Å². The fourth-order valence-corrected chi connectivity index (χ4v) is 2.95. The molecule has 8 heteroatoms. The van der Waals surface area contributed by atoms with Gasteiger partial charge in [0.25, 0.3) is 0 Å². The van der Waals surface area contributed by atoms with Crippen LogP contribution in [-0.2, 0) is 20.1 Å². The summed E-state index contributed by atoms with van der Waals surface area (Å²) in [6, 6.07) is 6.49. The molecule has 1 aromatic heterocycles. The molecular weight excluding hydrogens is 447 g/mol. The van der Waals surface area contributed by atoms with Crippen LogP contribution < -0.4 is 10.6 Å². The summed E-state index contributed by atoms with van der Waals surface area (Å²) in [5.41, 5.74) is 2.51. The molecule has 6 nitrogen and oxygen atoms in total. The zero-order chi connectivity index (χ0) is 17.5. The molecule has 0 spiro atoms. The molecule has 0 saturated carbocycles. The van der Waals surface area contributed by atoms with Gasteiger partial charge in [-0.3, -0.25) is 0 Å². The summed E-state index contributed by atoms with van der Waals surface area (Å²) >= 11 is 1.76. The molecule has 1 aromatic carbocycles. The molecule has 0 fully saturated rings. The number of thioether (sulfide) groups is 1.